The van der Waals surface area contributed by atoms with E-state index in [1.165, 1.54) is 6.07 Å². The zero-order valence-electron chi connectivity index (χ0n) is 18.1. The molecule has 5 rings (SSSR count). The first-order valence-corrected chi connectivity index (χ1v) is 11.2. The molecule has 3 aromatic rings. The van der Waals surface area contributed by atoms with Crippen molar-refractivity contribution in [2.45, 2.75) is 51.0 Å². The molecule has 1 N–H and O–H groups in total. The number of carboxylic acids is 1. The van der Waals surface area contributed by atoms with Crippen LogP contribution < -0.4 is 4.74 Å². The summed E-state index contributed by atoms with van der Waals surface area (Å²) in [5, 5.41) is 9.31. The Morgan fingerprint density at radius 2 is 1.91 bits per heavy atom. The molecule has 2 aliphatic rings. The highest BCUT2D eigenvalue weighted by Crippen LogP contribution is 2.45. The summed E-state index contributed by atoms with van der Waals surface area (Å²) in [4.78, 5) is 16.1. The van der Waals surface area contributed by atoms with Gasteiger partial charge in [-0.2, -0.15) is 0 Å². The molecule has 0 radical (unpaired) electrons. The standard InChI is InChI=1S/C27H26FNO3/c1-16-2-11-23(28)21(14-16)17-5-7-19(8-6-17)25-13-10-20-9-12-24(29-27(20)32-25)22(15-26(30)31)18-3-4-18/h2,5-9,11-12,14,18,22,25H,3-4,10,13,15H2,1H3,(H,30,31). The third-order valence-electron chi connectivity index (χ3n) is 6.57. The number of ether oxygens (including phenoxy) is 1. The first-order chi connectivity index (χ1) is 15.5. The average Bonchev–Trinajstić information content (AvgIpc) is 3.64. The summed E-state index contributed by atoms with van der Waals surface area (Å²) in [6.45, 7) is 1.95. The number of aromatic nitrogens is 1. The predicted octanol–water partition coefficient (Wildman–Crippen LogP) is 6.23. The highest BCUT2D eigenvalue weighted by atomic mass is 19.1. The molecule has 2 atom stereocenters. The highest BCUT2D eigenvalue weighted by Gasteiger charge is 2.35. The second kappa shape index (κ2) is 8.38. The third kappa shape index (κ3) is 4.24. The summed E-state index contributed by atoms with van der Waals surface area (Å²) in [7, 11) is 0. The fourth-order valence-corrected chi connectivity index (χ4v) is 4.63. The number of pyridine rings is 1. The molecule has 32 heavy (non-hydrogen) atoms. The van der Waals surface area contributed by atoms with Gasteiger partial charge in [0.15, 0.2) is 0 Å². The van der Waals surface area contributed by atoms with Crippen LogP contribution in [-0.2, 0) is 11.2 Å². The lowest BCUT2D eigenvalue weighted by Crippen LogP contribution is -2.18. The number of carbonyl (C=O) groups is 1. The van der Waals surface area contributed by atoms with Crippen LogP contribution >= 0.6 is 0 Å². The van der Waals surface area contributed by atoms with E-state index in [1.807, 2.05) is 49.4 Å². The van der Waals surface area contributed by atoms with E-state index in [-0.39, 0.29) is 24.3 Å². The van der Waals surface area contributed by atoms with Crippen molar-refractivity contribution < 1.29 is 19.0 Å². The Bertz CT molecular complexity index is 1150. The van der Waals surface area contributed by atoms with Gasteiger partial charge < -0.3 is 9.84 Å². The van der Waals surface area contributed by atoms with E-state index in [0.717, 1.165) is 53.6 Å². The molecule has 4 nitrogen and oxygen atoms in total. The second-order valence-electron chi connectivity index (χ2n) is 8.99. The van der Waals surface area contributed by atoms with Crippen molar-refractivity contribution in [3.05, 3.63) is 82.8 Å². The first kappa shape index (κ1) is 20.7. The van der Waals surface area contributed by atoms with E-state index >= 15 is 0 Å². The van der Waals surface area contributed by atoms with E-state index in [9.17, 15) is 14.3 Å². The maximum Gasteiger partial charge on any atom is 0.304 e. The van der Waals surface area contributed by atoms with Gasteiger partial charge in [-0.1, -0.05) is 42.0 Å². The molecular weight excluding hydrogens is 405 g/mol. The number of carboxylic acid groups (broad SMARTS) is 1. The van der Waals surface area contributed by atoms with Gasteiger partial charge in [0.1, 0.15) is 11.9 Å². The van der Waals surface area contributed by atoms with Crippen molar-refractivity contribution in [1.29, 1.82) is 0 Å². The van der Waals surface area contributed by atoms with Crippen LogP contribution in [0.1, 0.15) is 60.1 Å². The normalized spacial score (nSPS) is 18.5. The largest absolute Gasteiger partial charge is 0.481 e. The molecule has 164 valence electrons. The Hall–Kier alpha value is -3.21. The second-order valence-corrected chi connectivity index (χ2v) is 8.99. The summed E-state index contributed by atoms with van der Waals surface area (Å²) in [6.07, 6.45) is 3.81. The lowest BCUT2D eigenvalue weighted by atomic mass is 9.93. The number of nitrogens with zero attached hydrogens (tertiary/aromatic N) is 1. The quantitative estimate of drug-likeness (QED) is 0.503. The van der Waals surface area contributed by atoms with E-state index in [1.54, 1.807) is 6.07 Å². The Labute approximate surface area is 187 Å². The molecule has 1 aliphatic heterocycles. The maximum absolute atomic E-state index is 14.2. The van der Waals surface area contributed by atoms with Crippen molar-refractivity contribution in [3.63, 3.8) is 0 Å². The van der Waals surface area contributed by atoms with Gasteiger partial charge in [-0.15, -0.1) is 0 Å². The third-order valence-corrected chi connectivity index (χ3v) is 6.57. The number of hydrogen-bond donors (Lipinski definition) is 1. The predicted molar refractivity (Wildman–Crippen MR) is 120 cm³/mol. The van der Waals surface area contributed by atoms with E-state index in [2.05, 4.69) is 0 Å². The van der Waals surface area contributed by atoms with Crippen LogP contribution in [-0.4, -0.2) is 16.1 Å². The molecule has 2 unspecified atom stereocenters. The molecule has 0 spiro atoms. The summed E-state index contributed by atoms with van der Waals surface area (Å²) in [5.74, 6) is -0.0423. The maximum atomic E-state index is 14.2. The summed E-state index contributed by atoms with van der Waals surface area (Å²) in [5.41, 5.74) is 5.37. The minimum atomic E-state index is -0.787. The van der Waals surface area contributed by atoms with Crippen molar-refractivity contribution in [3.8, 4) is 17.0 Å². The van der Waals surface area contributed by atoms with Crippen molar-refractivity contribution in [2.75, 3.05) is 0 Å². The lowest BCUT2D eigenvalue weighted by Gasteiger charge is -2.27. The van der Waals surface area contributed by atoms with Gasteiger partial charge in [0.25, 0.3) is 0 Å². The van der Waals surface area contributed by atoms with Gasteiger partial charge in [-0.25, -0.2) is 9.37 Å². The Kier molecular flexibility index (Phi) is 5.41. The molecule has 2 heterocycles. The molecule has 2 aromatic carbocycles. The molecule has 0 bridgehead atoms. The van der Waals surface area contributed by atoms with Gasteiger partial charge in [0.05, 0.1) is 6.42 Å². The van der Waals surface area contributed by atoms with Gasteiger partial charge in [0.2, 0.25) is 5.88 Å². The van der Waals surface area contributed by atoms with Crippen LogP contribution in [0.15, 0.2) is 54.6 Å². The molecule has 0 amide bonds. The molecule has 0 saturated heterocycles. The van der Waals surface area contributed by atoms with Gasteiger partial charge >= 0.3 is 5.97 Å². The number of aliphatic carboxylic acids is 1. The van der Waals surface area contributed by atoms with Crippen molar-refractivity contribution in [2.24, 2.45) is 5.92 Å². The fourth-order valence-electron chi connectivity index (χ4n) is 4.63. The van der Waals surface area contributed by atoms with Crippen LogP contribution in [0.4, 0.5) is 4.39 Å². The van der Waals surface area contributed by atoms with Crippen LogP contribution in [0.3, 0.4) is 0 Å². The van der Waals surface area contributed by atoms with E-state index in [4.69, 9.17) is 9.72 Å². The number of halogens is 1. The Balaban J connectivity index is 1.36. The zero-order valence-corrected chi connectivity index (χ0v) is 18.1. The number of benzene rings is 2. The smallest absolute Gasteiger partial charge is 0.304 e. The van der Waals surface area contributed by atoms with Gasteiger partial charge in [0, 0.05) is 22.7 Å². The van der Waals surface area contributed by atoms with Crippen LogP contribution in [0.25, 0.3) is 11.1 Å². The van der Waals surface area contributed by atoms with E-state index < -0.39 is 5.97 Å². The Morgan fingerprint density at radius 3 is 2.62 bits per heavy atom. The molecule has 1 fully saturated rings. The zero-order chi connectivity index (χ0) is 22.2. The lowest BCUT2D eigenvalue weighted by molar-refractivity contribution is -0.137. The molecule has 1 saturated carbocycles. The highest BCUT2D eigenvalue weighted by molar-refractivity contribution is 5.68. The fraction of sp³-hybridized carbons (Fsp3) is 0.333. The minimum Gasteiger partial charge on any atom is -0.481 e. The van der Waals surface area contributed by atoms with Crippen molar-refractivity contribution in [1.82, 2.24) is 4.98 Å². The average molecular weight is 432 g/mol. The molecule has 1 aliphatic carbocycles. The molecular formula is C27H26FNO3. The first-order valence-electron chi connectivity index (χ1n) is 11.2. The van der Waals surface area contributed by atoms with Crippen molar-refractivity contribution >= 4 is 5.97 Å². The number of rotatable bonds is 6. The van der Waals surface area contributed by atoms with Crippen LogP contribution in [0.5, 0.6) is 5.88 Å². The minimum absolute atomic E-state index is 0.0507. The van der Waals surface area contributed by atoms with Gasteiger partial charge in [-0.3, -0.25) is 4.79 Å². The van der Waals surface area contributed by atoms with Crippen LogP contribution in [0.2, 0.25) is 0 Å². The number of fused-ring (bicyclic) bond motifs is 1. The molecule has 1 aromatic heterocycles. The van der Waals surface area contributed by atoms with Crippen LogP contribution in [0, 0.1) is 18.7 Å². The monoisotopic (exact) mass is 431 g/mol. The summed E-state index contributed by atoms with van der Waals surface area (Å²) in [6, 6.07) is 17.0. The number of hydrogen-bond acceptors (Lipinski definition) is 3. The molecule has 5 heteroatoms. The van der Waals surface area contributed by atoms with Gasteiger partial charge in [-0.05, 0) is 67.9 Å². The summed E-state index contributed by atoms with van der Waals surface area (Å²) >= 11 is 0. The van der Waals surface area contributed by atoms with E-state index in [0.29, 0.717) is 17.4 Å². The summed E-state index contributed by atoms with van der Waals surface area (Å²) < 4.78 is 20.5. The number of aryl methyl sites for hydroxylation is 2. The SMILES string of the molecule is Cc1ccc(F)c(-c2ccc(C3CCc4ccc(C(CC(=O)O)C5CC5)nc4O3)cc2)c1. The topological polar surface area (TPSA) is 59.4 Å². The Morgan fingerprint density at radius 1 is 1.12 bits per heavy atom.